The number of hydrogen-bond donors (Lipinski definition) is 0. The maximum absolute atomic E-state index is 8.79. The first-order valence-electron chi connectivity index (χ1n) is 5.84. The minimum Gasteiger partial charge on any atom is -0.490 e. The van der Waals surface area contributed by atoms with Gasteiger partial charge in [-0.3, -0.25) is 0 Å². The summed E-state index contributed by atoms with van der Waals surface area (Å²) in [7, 11) is 0. The van der Waals surface area contributed by atoms with Crippen molar-refractivity contribution in [1.29, 1.82) is 5.26 Å². The van der Waals surface area contributed by atoms with Gasteiger partial charge in [-0.05, 0) is 37.3 Å². The first kappa shape index (κ1) is 13.3. The highest BCUT2D eigenvalue weighted by Crippen LogP contribution is 2.35. The van der Waals surface area contributed by atoms with Gasteiger partial charge in [-0.2, -0.15) is 5.26 Å². The summed E-state index contributed by atoms with van der Waals surface area (Å²) in [6, 6.07) is 14.3. The fourth-order valence-corrected chi connectivity index (χ4v) is 1.80. The van der Waals surface area contributed by atoms with E-state index in [9.17, 15) is 0 Å². The molecule has 2 aromatic rings. The van der Waals surface area contributed by atoms with Crippen LogP contribution in [0.1, 0.15) is 12.5 Å². The standard InChI is InChI=1S/C15H12ClNO2/c1-2-18-14-5-3-4-6-15(14)19-13-8-7-11(10-17)9-12(13)16/h3-9H,2H2,1H3. The Kier molecular flexibility index (Phi) is 4.27. The average molecular weight is 274 g/mol. The molecule has 19 heavy (non-hydrogen) atoms. The van der Waals surface area contributed by atoms with E-state index in [4.69, 9.17) is 26.3 Å². The van der Waals surface area contributed by atoms with Crippen molar-refractivity contribution in [3.63, 3.8) is 0 Å². The van der Waals surface area contributed by atoms with Gasteiger partial charge in [0, 0.05) is 0 Å². The second kappa shape index (κ2) is 6.12. The number of rotatable bonds is 4. The first-order valence-corrected chi connectivity index (χ1v) is 6.21. The smallest absolute Gasteiger partial charge is 0.169 e. The Morgan fingerprint density at radius 1 is 1.11 bits per heavy atom. The van der Waals surface area contributed by atoms with Crippen LogP contribution in [0.25, 0.3) is 0 Å². The molecule has 0 spiro atoms. The van der Waals surface area contributed by atoms with Gasteiger partial charge in [0.15, 0.2) is 11.5 Å². The predicted molar refractivity (Wildman–Crippen MR) is 73.9 cm³/mol. The molecule has 2 aromatic carbocycles. The average Bonchev–Trinajstić information content (AvgIpc) is 2.43. The van der Waals surface area contributed by atoms with Gasteiger partial charge < -0.3 is 9.47 Å². The number of nitriles is 1. The largest absolute Gasteiger partial charge is 0.490 e. The summed E-state index contributed by atoms with van der Waals surface area (Å²) < 4.78 is 11.2. The molecular formula is C15H12ClNO2. The zero-order valence-corrected chi connectivity index (χ0v) is 11.1. The number of hydrogen-bond acceptors (Lipinski definition) is 3. The third-order valence-electron chi connectivity index (χ3n) is 2.43. The SMILES string of the molecule is CCOc1ccccc1Oc1ccc(C#N)cc1Cl. The van der Waals surface area contributed by atoms with Crippen LogP contribution in [0.2, 0.25) is 5.02 Å². The van der Waals surface area contributed by atoms with E-state index in [1.165, 1.54) is 0 Å². The van der Waals surface area contributed by atoms with Gasteiger partial charge >= 0.3 is 0 Å². The van der Waals surface area contributed by atoms with Crippen molar-refractivity contribution in [1.82, 2.24) is 0 Å². The molecule has 0 fully saturated rings. The summed E-state index contributed by atoms with van der Waals surface area (Å²) in [5, 5.41) is 9.18. The maximum Gasteiger partial charge on any atom is 0.169 e. The van der Waals surface area contributed by atoms with E-state index < -0.39 is 0 Å². The third kappa shape index (κ3) is 3.18. The van der Waals surface area contributed by atoms with Gasteiger partial charge in [0.25, 0.3) is 0 Å². The van der Waals surface area contributed by atoms with Crippen LogP contribution >= 0.6 is 11.6 Å². The molecule has 0 unspecified atom stereocenters. The van der Waals surface area contributed by atoms with Crippen molar-refractivity contribution in [2.45, 2.75) is 6.92 Å². The highest BCUT2D eigenvalue weighted by Gasteiger charge is 2.08. The lowest BCUT2D eigenvalue weighted by molar-refractivity contribution is 0.321. The number of ether oxygens (including phenoxy) is 2. The Bertz CT molecular complexity index is 620. The van der Waals surface area contributed by atoms with Crippen LogP contribution in [0.3, 0.4) is 0 Å². The van der Waals surface area contributed by atoms with Crippen molar-refractivity contribution in [3.8, 4) is 23.3 Å². The van der Waals surface area contributed by atoms with Crippen LogP contribution in [-0.4, -0.2) is 6.61 Å². The highest BCUT2D eigenvalue weighted by atomic mass is 35.5. The summed E-state index contributed by atoms with van der Waals surface area (Å²) in [6.07, 6.45) is 0. The van der Waals surface area contributed by atoms with Gasteiger partial charge in [-0.25, -0.2) is 0 Å². The van der Waals surface area contributed by atoms with E-state index in [2.05, 4.69) is 0 Å². The molecule has 0 amide bonds. The van der Waals surface area contributed by atoms with Crippen molar-refractivity contribution in [2.75, 3.05) is 6.61 Å². The molecule has 0 saturated carbocycles. The van der Waals surface area contributed by atoms with Gasteiger partial charge in [-0.1, -0.05) is 23.7 Å². The summed E-state index contributed by atoms with van der Waals surface area (Å²) >= 11 is 6.07. The van der Waals surface area contributed by atoms with Crippen LogP contribution < -0.4 is 9.47 Å². The molecule has 0 heterocycles. The zero-order valence-electron chi connectivity index (χ0n) is 10.4. The number of halogens is 1. The predicted octanol–water partition coefficient (Wildman–Crippen LogP) is 4.40. The van der Waals surface area contributed by atoms with Crippen molar-refractivity contribution < 1.29 is 9.47 Å². The molecule has 0 aromatic heterocycles. The van der Waals surface area contributed by atoms with Crippen molar-refractivity contribution in [3.05, 3.63) is 53.1 Å². The molecular weight excluding hydrogens is 262 g/mol. The third-order valence-corrected chi connectivity index (χ3v) is 2.73. The lowest BCUT2D eigenvalue weighted by Crippen LogP contribution is -1.95. The lowest BCUT2D eigenvalue weighted by atomic mass is 10.2. The van der Waals surface area contributed by atoms with Crippen LogP contribution in [0.4, 0.5) is 0 Å². The molecule has 0 N–H and O–H groups in total. The van der Waals surface area contributed by atoms with Gasteiger partial charge in [0.2, 0.25) is 0 Å². The molecule has 0 aliphatic carbocycles. The minimum absolute atomic E-state index is 0.394. The van der Waals surface area contributed by atoms with E-state index in [0.29, 0.717) is 34.4 Å². The summed E-state index contributed by atoms with van der Waals surface area (Å²) in [5.74, 6) is 1.74. The number of nitrogens with zero attached hydrogens (tertiary/aromatic N) is 1. The van der Waals surface area contributed by atoms with Crippen molar-refractivity contribution >= 4 is 11.6 Å². The molecule has 4 heteroatoms. The monoisotopic (exact) mass is 273 g/mol. The molecule has 0 radical (unpaired) electrons. The van der Waals surface area contributed by atoms with Gasteiger partial charge in [0.05, 0.1) is 23.3 Å². The maximum atomic E-state index is 8.79. The number of benzene rings is 2. The molecule has 0 aliphatic heterocycles. The van der Waals surface area contributed by atoms with Gasteiger partial charge in [-0.15, -0.1) is 0 Å². The van der Waals surface area contributed by atoms with Crippen LogP contribution in [0.5, 0.6) is 17.2 Å². The summed E-state index contributed by atoms with van der Waals surface area (Å²) in [6.45, 7) is 2.47. The lowest BCUT2D eigenvalue weighted by Gasteiger charge is -2.12. The molecule has 2 rings (SSSR count). The fourth-order valence-electron chi connectivity index (χ4n) is 1.58. The molecule has 0 bridgehead atoms. The normalized spacial score (nSPS) is 9.74. The molecule has 0 aliphatic rings. The van der Waals surface area contributed by atoms with Crippen LogP contribution in [-0.2, 0) is 0 Å². The molecule has 96 valence electrons. The van der Waals surface area contributed by atoms with E-state index in [1.807, 2.05) is 31.2 Å². The summed E-state index contributed by atoms with van der Waals surface area (Å²) in [5.41, 5.74) is 0.496. The summed E-state index contributed by atoms with van der Waals surface area (Å²) in [4.78, 5) is 0. The highest BCUT2D eigenvalue weighted by molar-refractivity contribution is 6.32. The van der Waals surface area contributed by atoms with E-state index >= 15 is 0 Å². The topological polar surface area (TPSA) is 42.2 Å². The van der Waals surface area contributed by atoms with Gasteiger partial charge in [0.1, 0.15) is 5.75 Å². The van der Waals surface area contributed by atoms with Crippen LogP contribution in [0, 0.1) is 11.3 Å². The number of para-hydroxylation sites is 2. The zero-order chi connectivity index (χ0) is 13.7. The van der Waals surface area contributed by atoms with E-state index in [1.54, 1.807) is 24.3 Å². The van der Waals surface area contributed by atoms with Crippen LogP contribution in [0.15, 0.2) is 42.5 Å². The Hall–Kier alpha value is -2.18. The Labute approximate surface area is 117 Å². The minimum atomic E-state index is 0.394. The Balaban J connectivity index is 2.29. The molecule has 0 atom stereocenters. The van der Waals surface area contributed by atoms with Crippen molar-refractivity contribution in [2.24, 2.45) is 0 Å². The van der Waals surface area contributed by atoms with E-state index in [0.717, 1.165) is 0 Å². The molecule has 3 nitrogen and oxygen atoms in total. The van der Waals surface area contributed by atoms with E-state index in [-0.39, 0.29) is 0 Å². The molecule has 0 saturated heterocycles. The fraction of sp³-hybridized carbons (Fsp3) is 0.133. The first-order chi connectivity index (χ1) is 9.24. The Morgan fingerprint density at radius 2 is 1.84 bits per heavy atom. The second-order valence-corrected chi connectivity index (χ2v) is 4.15. The quantitative estimate of drug-likeness (QED) is 0.829. The second-order valence-electron chi connectivity index (χ2n) is 3.74. The Morgan fingerprint density at radius 3 is 2.47 bits per heavy atom.